The van der Waals surface area contributed by atoms with Crippen molar-refractivity contribution in [2.45, 2.75) is 18.9 Å². The zero-order valence-electron chi connectivity index (χ0n) is 14.3. The second-order valence-electron chi connectivity index (χ2n) is 6.02. The van der Waals surface area contributed by atoms with Crippen LogP contribution >= 0.6 is 0 Å². The summed E-state index contributed by atoms with van der Waals surface area (Å²) >= 11 is 0. The number of nitrogens with zero attached hydrogens (tertiary/aromatic N) is 3. The molecule has 25 heavy (non-hydrogen) atoms. The van der Waals surface area contributed by atoms with Gasteiger partial charge in [-0.25, -0.2) is 4.39 Å². The molecule has 0 amide bonds. The highest BCUT2D eigenvalue weighted by Crippen LogP contribution is 2.20. The number of ether oxygens (including phenoxy) is 1. The fourth-order valence-electron chi connectivity index (χ4n) is 2.80. The third-order valence-corrected chi connectivity index (χ3v) is 4.33. The van der Waals surface area contributed by atoms with Crippen molar-refractivity contribution in [3.8, 4) is 5.75 Å². The minimum atomic E-state index is -0.554. The number of benzene rings is 1. The Kier molecular flexibility index (Phi) is 5.40. The van der Waals surface area contributed by atoms with Gasteiger partial charge in [-0.15, -0.1) is 0 Å². The molecule has 1 aliphatic heterocycles. The number of nitrogens with one attached hydrogen (secondary N) is 1. The van der Waals surface area contributed by atoms with Gasteiger partial charge >= 0.3 is 0 Å². The van der Waals surface area contributed by atoms with E-state index in [9.17, 15) is 9.18 Å². The number of methoxy groups -OCH3 is 1. The molecule has 1 saturated heterocycles. The Morgan fingerprint density at radius 3 is 3.08 bits per heavy atom. The number of piperazine rings is 1. The van der Waals surface area contributed by atoms with Crippen LogP contribution in [0.4, 0.5) is 4.39 Å². The van der Waals surface area contributed by atoms with Crippen LogP contribution in [-0.4, -0.2) is 54.6 Å². The summed E-state index contributed by atoms with van der Waals surface area (Å²) in [5.74, 6) is 0.409. The summed E-state index contributed by atoms with van der Waals surface area (Å²) in [4.78, 5) is 18.8. The molecule has 1 aliphatic rings. The van der Waals surface area contributed by atoms with E-state index in [1.165, 1.54) is 19.2 Å². The summed E-state index contributed by atoms with van der Waals surface area (Å²) in [6.07, 6.45) is 0.496. The number of hydrogen-bond acceptors (Lipinski definition) is 7. The first kappa shape index (κ1) is 17.5. The molecule has 1 N–H and O–H groups in total. The molecule has 1 atom stereocenters. The molecule has 1 unspecified atom stereocenters. The minimum Gasteiger partial charge on any atom is -0.494 e. The smallest absolute Gasteiger partial charge is 0.227 e. The molecule has 0 aliphatic carbocycles. The molecule has 0 saturated carbocycles. The lowest BCUT2D eigenvalue weighted by molar-refractivity contribution is 0.0979. The summed E-state index contributed by atoms with van der Waals surface area (Å²) in [5.41, 5.74) is 0.300. The third-order valence-electron chi connectivity index (χ3n) is 4.33. The first-order chi connectivity index (χ1) is 12.1. The van der Waals surface area contributed by atoms with Crippen molar-refractivity contribution in [3.63, 3.8) is 0 Å². The molecule has 0 spiro atoms. The molecule has 2 heterocycles. The number of Topliss-reactive ketones (excluding diaryl/α,β-unsaturated/α-hetero) is 1. The van der Waals surface area contributed by atoms with Crippen LogP contribution in [0.15, 0.2) is 22.7 Å². The molecule has 0 radical (unpaired) electrons. The number of carbonyl (C=O) groups is 1. The van der Waals surface area contributed by atoms with Crippen molar-refractivity contribution in [1.29, 1.82) is 0 Å². The lowest BCUT2D eigenvalue weighted by Crippen LogP contribution is -2.44. The molecule has 134 valence electrons. The van der Waals surface area contributed by atoms with E-state index in [1.807, 2.05) is 7.05 Å². The fraction of sp³-hybridized carbons (Fsp3) is 0.471. The van der Waals surface area contributed by atoms with E-state index < -0.39 is 5.82 Å². The Morgan fingerprint density at radius 2 is 2.36 bits per heavy atom. The van der Waals surface area contributed by atoms with Gasteiger partial charge in [0.2, 0.25) is 5.89 Å². The van der Waals surface area contributed by atoms with Gasteiger partial charge in [0.1, 0.15) is 0 Å². The van der Waals surface area contributed by atoms with E-state index in [2.05, 4.69) is 20.4 Å². The van der Waals surface area contributed by atoms with Crippen LogP contribution in [0, 0.1) is 5.82 Å². The average Bonchev–Trinajstić information content (AvgIpc) is 3.08. The topological polar surface area (TPSA) is 80.5 Å². The molecule has 3 rings (SSSR count). The van der Waals surface area contributed by atoms with Crippen molar-refractivity contribution in [1.82, 2.24) is 20.4 Å². The highest BCUT2D eigenvalue weighted by atomic mass is 19.1. The van der Waals surface area contributed by atoms with Crippen LogP contribution in [0.5, 0.6) is 5.75 Å². The highest BCUT2D eigenvalue weighted by Gasteiger charge is 2.25. The van der Waals surface area contributed by atoms with E-state index in [0.29, 0.717) is 23.7 Å². The van der Waals surface area contributed by atoms with Crippen molar-refractivity contribution >= 4 is 5.78 Å². The lowest BCUT2D eigenvalue weighted by Gasteiger charge is -2.30. The number of likely N-dealkylation sites (N-methyl/N-ethyl adjacent to an activating group) is 1. The maximum atomic E-state index is 13.7. The van der Waals surface area contributed by atoms with Gasteiger partial charge in [0.25, 0.3) is 0 Å². The van der Waals surface area contributed by atoms with Gasteiger partial charge in [-0.1, -0.05) is 5.16 Å². The fourth-order valence-corrected chi connectivity index (χ4v) is 2.80. The molecule has 1 fully saturated rings. The van der Waals surface area contributed by atoms with Gasteiger partial charge in [-0.3, -0.25) is 9.69 Å². The van der Waals surface area contributed by atoms with Crippen LogP contribution in [0.1, 0.15) is 34.5 Å². The van der Waals surface area contributed by atoms with Crippen LogP contribution in [0.3, 0.4) is 0 Å². The maximum absolute atomic E-state index is 13.7. The summed E-state index contributed by atoms with van der Waals surface area (Å²) in [5, 5.41) is 7.32. The second-order valence-corrected chi connectivity index (χ2v) is 6.02. The number of aryl methyl sites for hydroxylation is 1. The predicted molar refractivity (Wildman–Crippen MR) is 88.1 cm³/mol. The van der Waals surface area contributed by atoms with E-state index >= 15 is 0 Å². The molecule has 8 heteroatoms. The predicted octanol–water partition coefficient (Wildman–Crippen LogP) is 1.61. The summed E-state index contributed by atoms with van der Waals surface area (Å²) in [7, 11) is 3.40. The van der Waals surface area contributed by atoms with Crippen LogP contribution < -0.4 is 10.1 Å². The first-order valence-corrected chi connectivity index (χ1v) is 8.18. The normalized spacial score (nSPS) is 18.3. The van der Waals surface area contributed by atoms with Crippen LogP contribution in [0.25, 0.3) is 0 Å². The van der Waals surface area contributed by atoms with E-state index in [1.54, 1.807) is 6.07 Å². The second kappa shape index (κ2) is 7.71. The zero-order chi connectivity index (χ0) is 17.8. The van der Waals surface area contributed by atoms with Gasteiger partial charge in [-0.2, -0.15) is 4.98 Å². The Hall–Kier alpha value is -2.32. The summed E-state index contributed by atoms with van der Waals surface area (Å²) in [6, 6.07) is 4.24. The van der Waals surface area contributed by atoms with Gasteiger partial charge in [0, 0.05) is 38.0 Å². The van der Waals surface area contributed by atoms with Gasteiger partial charge in [0.15, 0.2) is 23.2 Å². The minimum absolute atomic E-state index is 0.0673. The SMILES string of the molecule is COc1ccc(C(=O)CCc2nc(C3CNCCN3C)no2)cc1F. The quantitative estimate of drug-likeness (QED) is 0.794. The van der Waals surface area contributed by atoms with Crippen molar-refractivity contribution < 1.29 is 18.4 Å². The number of hydrogen-bond donors (Lipinski definition) is 1. The van der Waals surface area contributed by atoms with Crippen molar-refractivity contribution in [3.05, 3.63) is 41.3 Å². The number of rotatable bonds is 6. The molecule has 7 nitrogen and oxygen atoms in total. The Balaban J connectivity index is 1.60. The molecule has 0 bridgehead atoms. The zero-order valence-corrected chi connectivity index (χ0v) is 14.3. The molecule has 1 aromatic carbocycles. The first-order valence-electron chi connectivity index (χ1n) is 8.18. The van der Waals surface area contributed by atoms with E-state index in [-0.39, 0.29) is 24.0 Å². The van der Waals surface area contributed by atoms with E-state index in [0.717, 1.165) is 19.6 Å². The van der Waals surface area contributed by atoms with Crippen LogP contribution in [0.2, 0.25) is 0 Å². The molecule has 1 aromatic heterocycles. The largest absolute Gasteiger partial charge is 0.494 e. The van der Waals surface area contributed by atoms with E-state index in [4.69, 9.17) is 9.26 Å². The van der Waals surface area contributed by atoms with Gasteiger partial charge in [0.05, 0.1) is 13.2 Å². The number of carbonyl (C=O) groups excluding carboxylic acids is 1. The summed E-state index contributed by atoms with van der Waals surface area (Å²) < 4.78 is 23.8. The Morgan fingerprint density at radius 1 is 1.52 bits per heavy atom. The van der Waals surface area contributed by atoms with Crippen LogP contribution in [-0.2, 0) is 6.42 Å². The molecular formula is C17H21FN4O3. The number of halogens is 1. The standard InChI is InChI=1S/C17H21FN4O3/c1-22-8-7-19-10-13(22)17-20-16(25-21-17)6-4-14(23)11-3-5-15(24-2)12(18)9-11/h3,5,9,13,19H,4,6-8,10H2,1-2H3. The Bertz CT molecular complexity index is 749. The van der Waals surface area contributed by atoms with Crippen molar-refractivity contribution in [2.24, 2.45) is 0 Å². The third kappa shape index (κ3) is 4.02. The lowest BCUT2D eigenvalue weighted by atomic mass is 10.1. The Labute approximate surface area is 145 Å². The summed E-state index contributed by atoms with van der Waals surface area (Å²) in [6.45, 7) is 2.61. The van der Waals surface area contributed by atoms with Gasteiger partial charge < -0.3 is 14.6 Å². The average molecular weight is 348 g/mol. The highest BCUT2D eigenvalue weighted by molar-refractivity contribution is 5.96. The maximum Gasteiger partial charge on any atom is 0.227 e. The number of aromatic nitrogens is 2. The van der Waals surface area contributed by atoms with Crippen molar-refractivity contribution in [2.75, 3.05) is 33.8 Å². The monoisotopic (exact) mass is 348 g/mol. The van der Waals surface area contributed by atoms with Gasteiger partial charge in [-0.05, 0) is 25.2 Å². The molecular weight excluding hydrogens is 327 g/mol. The molecule has 2 aromatic rings. The number of ketones is 1.